The Morgan fingerprint density at radius 3 is 3.06 bits per heavy atom. The first kappa shape index (κ1) is 11.9. The second-order valence-electron chi connectivity index (χ2n) is 4.53. The van der Waals surface area contributed by atoms with Gasteiger partial charge in [0.15, 0.2) is 0 Å². The molecule has 0 bridgehead atoms. The van der Waals surface area contributed by atoms with Crippen LogP contribution in [0.3, 0.4) is 0 Å². The minimum atomic E-state index is -0.329. The van der Waals surface area contributed by atoms with E-state index >= 15 is 0 Å². The molecule has 3 rings (SSSR count). The zero-order chi connectivity index (χ0) is 12.9. The van der Waals surface area contributed by atoms with E-state index in [4.69, 9.17) is 4.74 Å². The van der Waals surface area contributed by atoms with Crippen LogP contribution in [0.25, 0.3) is 0 Å². The highest BCUT2D eigenvalue weighted by molar-refractivity contribution is 9.10. The summed E-state index contributed by atoms with van der Waals surface area (Å²) in [6, 6.07) is 2.78. The molecule has 2 heterocycles. The van der Waals surface area contributed by atoms with Gasteiger partial charge in [0.2, 0.25) is 5.91 Å². The first-order chi connectivity index (χ1) is 8.60. The molecule has 1 aromatic carbocycles. The molecular weight excluding hydrogens is 303 g/mol. The number of ether oxygens (including phenoxy) is 1. The van der Waals surface area contributed by atoms with Gasteiger partial charge in [0.05, 0.1) is 22.0 Å². The molecule has 1 amide bonds. The number of halogens is 2. The largest absolute Gasteiger partial charge is 0.380 e. The Balaban J connectivity index is 2.05. The van der Waals surface area contributed by atoms with Crippen molar-refractivity contribution < 1.29 is 13.9 Å². The molecule has 1 aromatic rings. The molecule has 0 radical (unpaired) electrons. The van der Waals surface area contributed by atoms with Crippen LogP contribution in [-0.2, 0) is 9.53 Å². The van der Waals surface area contributed by atoms with Crippen molar-refractivity contribution in [2.75, 3.05) is 23.9 Å². The quantitative estimate of drug-likeness (QED) is 0.863. The van der Waals surface area contributed by atoms with Crippen LogP contribution in [0.1, 0.15) is 6.42 Å². The number of carbonyl (C=O) groups excluding carboxylic acids is 1. The molecule has 0 saturated carbocycles. The Morgan fingerprint density at radius 2 is 2.33 bits per heavy atom. The van der Waals surface area contributed by atoms with Gasteiger partial charge in [0.1, 0.15) is 11.9 Å². The molecular formula is C12H12BrFN2O2. The number of hydrogen-bond donors (Lipinski definition) is 1. The lowest BCUT2D eigenvalue weighted by atomic mass is 10.1. The second kappa shape index (κ2) is 4.20. The van der Waals surface area contributed by atoms with Crippen molar-refractivity contribution in [2.24, 2.45) is 0 Å². The van der Waals surface area contributed by atoms with Crippen molar-refractivity contribution in [1.29, 1.82) is 0 Å². The number of anilines is 2. The Kier molecular flexibility index (Phi) is 2.79. The lowest BCUT2D eigenvalue weighted by molar-refractivity contribution is -0.117. The topological polar surface area (TPSA) is 41.6 Å². The summed E-state index contributed by atoms with van der Waals surface area (Å²) in [6.07, 6.45) is 0.651. The van der Waals surface area contributed by atoms with E-state index in [0.717, 1.165) is 5.69 Å². The summed E-state index contributed by atoms with van der Waals surface area (Å²) in [4.78, 5) is 13.9. The van der Waals surface area contributed by atoms with Gasteiger partial charge in [-0.15, -0.1) is 0 Å². The van der Waals surface area contributed by atoms with E-state index in [0.29, 0.717) is 23.1 Å². The molecule has 0 aromatic heterocycles. The molecule has 2 atom stereocenters. The molecule has 4 nitrogen and oxygen atoms in total. The third kappa shape index (κ3) is 1.71. The summed E-state index contributed by atoms with van der Waals surface area (Å²) in [6.45, 7) is 0.614. The lowest BCUT2D eigenvalue weighted by Crippen LogP contribution is -2.44. The van der Waals surface area contributed by atoms with E-state index in [1.165, 1.54) is 6.07 Å². The fraction of sp³-hybridized carbons (Fsp3) is 0.417. The average Bonchev–Trinajstić information content (AvgIpc) is 2.77. The minimum absolute atomic E-state index is 0.0124. The molecule has 96 valence electrons. The van der Waals surface area contributed by atoms with E-state index in [9.17, 15) is 9.18 Å². The van der Waals surface area contributed by atoms with E-state index in [-0.39, 0.29) is 23.9 Å². The smallest absolute Gasteiger partial charge is 0.247 e. The number of nitrogens with zero attached hydrogens (tertiary/aromatic N) is 1. The molecule has 1 N–H and O–H groups in total. The fourth-order valence-corrected chi connectivity index (χ4v) is 2.92. The van der Waals surface area contributed by atoms with Gasteiger partial charge in [-0.3, -0.25) is 4.79 Å². The zero-order valence-electron chi connectivity index (χ0n) is 9.74. The van der Waals surface area contributed by atoms with Crippen LogP contribution in [0.5, 0.6) is 0 Å². The Labute approximate surface area is 112 Å². The maximum atomic E-state index is 13.6. The van der Waals surface area contributed by atoms with Crippen molar-refractivity contribution >= 4 is 33.2 Å². The van der Waals surface area contributed by atoms with Gasteiger partial charge < -0.3 is 15.0 Å². The number of nitrogens with one attached hydrogen (secondary N) is 1. The van der Waals surface area contributed by atoms with Crippen LogP contribution >= 0.6 is 15.9 Å². The number of fused-ring (bicyclic) bond motifs is 3. The highest BCUT2D eigenvalue weighted by Gasteiger charge is 2.41. The summed E-state index contributed by atoms with van der Waals surface area (Å²) in [5, 5.41) is 2.81. The van der Waals surface area contributed by atoms with E-state index < -0.39 is 0 Å². The third-order valence-electron chi connectivity index (χ3n) is 3.50. The molecule has 1 fully saturated rings. The van der Waals surface area contributed by atoms with Gasteiger partial charge in [0.25, 0.3) is 0 Å². The maximum Gasteiger partial charge on any atom is 0.247 e. The van der Waals surface area contributed by atoms with Gasteiger partial charge in [-0.05, 0) is 22.0 Å². The zero-order valence-corrected chi connectivity index (χ0v) is 11.3. The second-order valence-corrected chi connectivity index (χ2v) is 5.39. The molecule has 6 heteroatoms. The number of rotatable bonds is 1. The summed E-state index contributed by atoms with van der Waals surface area (Å²) in [5.74, 6) is -0.384. The van der Waals surface area contributed by atoms with Crippen molar-refractivity contribution in [2.45, 2.75) is 18.6 Å². The Bertz CT molecular complexity index is 523. The van der Waals surface area contributed by atoms with Crippen LogP contribution in [0.15, 0.2) is 16.6 Å². The fourth-order valence-electron chi connectivity index (χ4n) is 2.57. The van der Waals surface area contributed by atoms with Gasteiger partial charge in [-0.25, -0.2) is 4.39 Å². The van der Waals surface area contributed by atoms with Crippen LogP contribution in [0.4, 0.5) is 15.8 Å². The highest BCUT2D eigenvalue weighted by Crippen LogP contribution is 2.39. The van der Waals surface area contributed by atoms with Gasteiger partial charge >= 0.3 is 0 Å². The maximum absolute atomic E-state index is 13.6. The molecule has 0 aliphatic carbocycles. The number of methoxy groups -OCH3 is 1. The van der Waals surface area contributed by atoms with Crippen molar-refractivity contribution in [3.63, 3.8) is 0 Å². The Morgan fingerprint density at radius 1 is 1.56 bits per heavy atom. The van der Waals surface area contributed by atoms with Crippen molar-refractivity contribution in [3.05, 3.63) is 22.4 Å². The first-order valence-electron chi connectivity index (χ1n) is 5.69. The van der Waals surface area contributed by atoms with Crippen LogP contribution in [0.2, 0.25) is 0 Å². The highest BCUT2D eigenvalue weighted by atomic mass is 79.9. The van der Waals surface area contributed by atoms with Gasteiger partial charge in [-0.1, -0.05) is 0 Å². The predicted molar refractivity (Wildman–Crippen MR) is 69.3 cm³/mol. The number of amides is 1. The van der Waals surface area contributed by atoms with Gasteiger partial charge in [0, 0.05) is 26.1 Å². The molecule has 1 saturated heterocycles. The SMILES string of the molecule is COC1CC2C(=O)Nc3cc(Br)c(F)cc3N2C1. The van der Waals surface area contributed by atoms with E-state index in [2.05, 4.69) is 21.2 Å². The molecule has 2 unspecified atom stereocenters. The first-order valence-corrected chi connectivity index (χ1v) is 6.49. The Hall–Kier alpha value is -1.14. The van der Waals surface area contributed by atoms with Gasteiger partial charge in [-0.2, -0.15) is 0 Å². The van der Waals surface area contributed by atoms with E-state index in [1.54, 1.807) is 13.2 Å². The number of benzene rings is 1. The molecule has 2 aliphatic rings. The van der Waals surface area contributed by atoms with Crippen LogP contribution < -0.4 is 10.2 Å². The lowest BCUT2D eigenvalue weighted by Gasteiger charge is -2.32. The summed E-state index contributed by atoms with van der Waals surface area (Å²) < 4.78 is 19.3. The normalized spacial score (nSPS) is 25.7. The van der Waals surface area contributed by atoms with Crippen LogP contribution in [-0.4, -0.2) is 31.7 Å². The van der Waals surface area contributed by atoms with Crippen molar-refractivity contribution in [3.8, 4) is 0 Å². The monoisotopic (exact) mass is 314 g/mol. The average molecular weight is 315 g/mol. The summed E-state index contributed by atoms with van der Waals surface area (Å²) in [5.41, 5.74) is 1.36. The standard InChI is InChI=1S/C12H12BrFN2O2/c1-18-6-2-11-12(17)15-9-3-7(13)8(14)4-10(9)16(11)5-6/h3-4,6,11H,2,5H2,1H3,(H,15,17). The summed E-state index contributed by atoms with van der Waals surface area (Å²) >= 11 is 3.12. The molecule has 2 aliphatic heterocycles. The van der Waals surface area contributed by atoms with E-state index in [1.807, 2.05) is 4.90 Å². The number of hydrogen-bond acceptors (Lipinski definition) is 3. The molecule has 0 spiro atoms. The minimum Gasteiger partial charge on any atom is -0.380 e. The third-order valence-corrected chi connectivity index (χ3v) is 4.11. The van der Waals surface area contributed by atoms with Crippen molar-refractivity contribution in [1.82, 2.24) is 0 Å². The summed E-state index contributed by atoms with van der Waals surface area (Å²) in [7, 11) is 1.63. The predicted octanol–water partition coefficient (Wildman–Crippen LogP) is 2.13. The number of carbonyl (C=O) groups is 1. The molecule has 18 heavy (non-hydrogen) atoms. The van der Waals surface area contributed by atoms with Crippen LogP contribution in [0, 0.1) is 5.82 Å².